The lowest BCUT2D eigenvalue weighted by Crippen LogP contribution is -2.33. The lowest BCUT2D eigenvalue weighted by molar-refractivity contribution is -0.119. The van der Waals surface area contributed by atoms with Crippen molar-refractivity contribution in [3.05, 3.63) is 85.5 Å². The maximum atomic E-state index is 13.1. The fraction of sp³-hybridized carbons (Fsp3) is 0.269. The van der Waals surface area contributed by atoms with Crippen molar-refractivity contribution < 1.29 is 14.3 Å². The molecule has 2 aromatic carbocycles. The van der Waals surface area contributed by atoms with Crippen LogP contribution in [0.1, 0.15) is 49.3 Å². The molecule has 1 aliphatic carbocycles. The van der Waals surface area contributed by atoms with Gasteiger partial charge in [0.15, 0.2) is 5.78 Å². The van der Waals surface area contributed by atoms with E-state index in [-0.39, 0.29) is 29.3 Å². The second-order valence-electron chi connectivity index (χ2n) is 8.95. The molecular weight excluding hydrogens is 529 g/mol. The maximum Gasteiger partial charge on any atom is 0.205 e. The molecule has 166 valence electrons. The van der Waals surface area contributed by atoms with Crippen molar-refractivity contribution in [3.8, 4) is 17.9 Å². The Kier molecular flexibility index (Phi) is 6.18. The second-order valence-corrected chi connectivity index (χ2v) is 10.1. The van der Waals surface area contributed by atoms with Gasteiger partial charge in [0, 0.05) is 24.0 Å². The van der Waals surface area contributed by atoms with Gasteiger partial charge in [-0.2, -0.15) is 10.5 Å². The Labute approximate surface area is 206 Å². The fourth-order valence-electron chi connectivity index (χ4n) is 4.34. The zero-order chi connectivity index (χ0) is 23.8. The first-order chi connectivity index (χ1) is 15.7. The van der Waals surface area contributed by atoms with E-state index in [9.17, 15) is 15.3 Å². The molecular formula is C26H22IN3O3. The highest BCUT2D eigenvalue weighted by Crippen LogP contribution is 2.48. The van der Waals surface area contributed by atoms with E-state index < -0.39 is 5.92 Å². The van der Waals surface area contributed by atoms with Gasteiger partial charge in [-0.3, -0.25) is 4.79 Å². The summed E-state index contributed by atoms with van der Waals surface area (Å²) >= 11 is 2.17. The summed E-state index contributed by atoms with van der Waals surface area (Å²) < 4.78 is 12.6. The summed E-state index contributed by atoms with van der Waals surface area (Å²) in [6.07, 6.45) is 0.974. The van der Waals surface area contributed by atoms with E-state index in [2.05, 4.69) is 34.7 Å². The lowest BCUT2D eigenvalue weighted by atomic mass is 9.70. The number of nitrogens with zero attached hydrogens (tertiary/aromatic N) is 2. The van der Waals surface area contributed by atoms with E-state index in [0.717, 1.165) is 14.7 Å². The number of ether oxygens (including phenoxy) is 2. The highest BCUT2D eigenvalue weighted by molar-refractivity contribution is 14.1. The topological polar surface area (TPSA) is 109 Å². The predicted octanol–water partition coefficient (Wildman–Crippen LogP) is 5.19. The van der Waals surface area contributed by atoms with E-state index in [1.54, 1.807) is 6.07 Å². The molecule has 0 bridgehead atoms. The first kappa shape index (κ1) is 22.9. The van der Waals surface area contributed by atoms with Crippen LogP contribution in [0.4, 0.5) is 0 Å². The zero-order valence-electron chi connectivity index (χ0n) is 18.3. The van der Waals surface area contributed by atoms with Gasteiger partial charge < -0.3 is 15.2 Å². The molecule has 1 aliphatic heterocycles. The maximum absolute atomic E-state index is 13.1. The van der Waals surface area contributed by atoms with E-state index >= 15 is 0 Å². The number of rotatable bonds is 4. The number of ketones is 1. The van der Waals surface area contributed by atoms with E-state index in [0.29, 0.717) is 35.5 Å². The first-order valence-electron chi connectivity index (χ1n) is 10.5. The number of halogens is 1. The van der Waals surface area contributed by atoms with E-state index in [1.165, 1.54) is 0 Å². The van der Waals surface area contributed by atoms with Crippen LogP contribution in [0.15, 0.2) is 65.3 Å². The van der Waals surface area contributed by atoms with Crippen LogP contribution in [0.2, 0.25) is 0 Å². The summed E-state index contributed by atoms with van der Waals surface area (Å²) in [6, 6.07) is 17.2. The first-order valence-corrected chi connectivity index (χ1v) is 11.6. The SMILES string of the molecule is CC1(C)CC(=O)C2=C(C1)OC(N)=C(C#N)C2c1ccc(OCc2ccccc2C#N)c(I)c1. The molecule has 33 heavy (non-hydrogen) atoms. The summed E-state index contributed by atoms with van der Waals surface area (Å²) in [5, 5.41) is 19.1. The van der Waals surface area contributed by atoms with Crippen LogP contribution in [-0.4, -0.2) is 5.78 Å². The summed E-state index contributed by atoms with van der Waals surface area (Å²) in [5.74, 6) is 0.676. The van der Waals surface area contributed by atoms with Crippen molar-refractivity contribution in [2.75, 3.05) is 0 Å². The number of carbonyl (C=O) groups is 1. The molecule has 0 aromatic heterocycles. The molecule has 2 N–H and O–H groups in total. The van der Waals surface area contributed by atoms with Crippen LogP contribution < -0.4 is 10.5 Å². The highest BCUT2D eigenvalue weighted by atomic mass is 127. The van der Waals surface area contributed by atoms with Crippen LogP contribution in [0.5, 0.6) is 5.75 Å². The Morgan fingerprint density at radius 3 is 2.64 bits per heavy atom. The molecule has 1 unspecified atom stereocenters. The van der Waals surface area contributed by atoms with E-state index in [4.69, 9.17) is 15.2 Å². The number of allylic oxidation sites excluding steroid dienone is 3. The molecule has 4 rings (SSSR count). The van der Waals surface area contributed by atoms with Gasteiger partial charge >= 0.3 is 0 Å². The van der Waals surface area contributed by atoms with Crippen LogP contribution in [0, 0.1) is 31.6 Å². The molecule has 0 saturated carbocycles. The summed E-state index contributed by atoms with van der Waals surface area (Å²) in [5.41, 5.74) is 8.80. The Hall–Kier alpha value is -3.30. The number of Topliss-reactive ketones (excluding diaryl/α,β-unsaturated/α-hetero) is 1. The Balaban J connectivity index is 1.67. The van der Waals surface area contributed by atoms with Crippen LogP contribution >= 0.6 is 22.6 Å². The van der Waals surface area contributed by atoms with Gasteiger partial charge in [0.2, 0.25) is 5.88 Å². The predicted molar refractivity (Wildman–Crippen MR) is 130 cm³/mol. The quantitative estimate of drug-likeness (QED) is 0.524. The minimum absolute atomic E-state index is 0.0186. The highest BCUT2D eigenvalue weighted by Gasteiger charge is 2.43. The zero-order valence-corrected chi connectivity index (χ0v) is 20.5. The van der Waals surface area contributed by atoms with Gasteiger partial charge in [-0.25, -0.2) is 0 Å². The second kappa shape index (κ2) is 8.92. The van der Waals surface area contributed by atoms with Crippen molar-refractivity contribution >= 4 is 28.4 Å². The summed E-state index contributed by atoms with van der Waals surface area (Å²) in [7, 11) is 0. The molecule has 6 nitrogen and oxygen atoms in total. The molecule has 0 saturated heterocycles. The van der Waals surface area contributed by atoms with Crippen molar-refractivity contribution in [3.63, 3.8) is 0 Å². The van der Waals surface area contributed by atoms with Gasteiger partial charge in [0.05, 0.1) is 21.1 Å². The third-order valence-electron chi connectivity index (χ3n) is 5.89. The van der Waals surface area contributed by atoms with Gasteiger partial charge in [0.25, 0.3) is 0 Å². The van der Waals surface area contributed by atoms with Crippen LogP contribution in [0.3, 0.4) is 0 Å². The Morgan fingerprint density at radius 2 is 1.94 bits per heavy atom. The molecule has 2 aromatic rings. The Morgan fingerprint density at radius 1 is 1.18 bits per heavy atom. The number of carbonyl (C=O) groups excluding carboxylic acids is 1. The number of hydrogen-bond donors (Lipinski definition) is 1. The van der Waals surface area contributed by atoms with Gasteiger partial charge in [-0.15, -0.1) is 0 Å². The minimum atomic E-state index is -0.566. The van der Waals surface area contributed by atoms with Crippen molar-refractivity contribution in [2.45, 2.75) is 39.2 Å². The monoisotopic (exact) mass is 551 g/mol. The minimum Gasteiger partial charge on any atom is -0.488 e. The number of hydrogen-bond acceptors (Lipinski definition) is 6. The number of nitriles is 2. The molecule has 0 fully saturated rings. The summed E-state index contributed by atoms with van der Waals surface area (Å²) in [4.78, 5) is 13.1. The van der Waals surface area contributed by atoms with Gasteiger partial charge in [-0.1, -0.05) is 38.1 Å². The van der Waals surface area contributed by atoms with E-state index in [1.807, 2.05) is 50.2 Å². The number of nitrogens with two attached hydrogens (primary N) is 1. The molecule has 7 heteroatoms. The average molecular weight is 551 g/mol. The van der Waals surface area contributed by atoms with Crippen molar-refractivity contribution in [2.24, 2.45) is 11.1 Å². The van der Waals surface area contributed by atoms with Gasteiger partial charge in [-0.05, 0) is 51.8 Å². The van der Waals surface area contributed by atoms with Crippen LogP contribution in [-0.2, 0) is 16.1 Å². The molecule has 0 radical (unpaired) electrons. The normalized spacial score (nSPS) is 19.3. The summed E-state index contributed by atoms with van der Waals surface area (Å²) in [6.45, 7) is 4.30. The average Bonchev–Trinajstić information content (AvgIpc) is 2.76. The molecule has 0 amide bonds. The molecule has 2 aliphatic rings. The van der Waals surface area contributed by atoms with Crippen LogP contribution in [0.25, 0.3) is 0 Å². The third-order valence-corrected chi connectivity index (χ3v) is 6.73. The van der Waals surface area contributed by atoms with Crippen molar-refractivity contribution in [1.82, 2.24) is 0 Å². The third kappa shape index (κ3) is 4.46. The standard InChI is InChI=1S/C26H22IN3O3/c1-26(2)10-20(31)24-22(11-26)33-25(30)18(13-29)23(24)15-7-8-21(19(27)9-15)32-14-17-6-4-3-5-16(17)12-28/h3-9,23H,10-11,14,30H2,1-2H3. The largest absolute Gasteiger partial charge is 0.488 e. The smallest absolute Gasteiger partial charge is 0.205 e. The lowest BCUT2D eigenvalue weighted by Gasteiger charge is -2.37. The van der Waals surface area contributed by atoms with Crippen molar-refractivity contribution in [1.29, 1.82) is 10.5 Å². The number of benzene rings is 2. The fourth-order valence-corrected chi connectivity index (χ4v) is 5.04. The Bertz CT molecular complexity index is 1290. The van der Waals surface area contributed by atoms with Gasteiger partial charge in [0.1, 0.15) is 29.8 Å². The molecule has 1 heterocycles. The molecule has 1 atom stereocenters. The molecule has 0 spiro atoms.